The summed E-state index contributed by atoms with van der Waals surface area (Å²) in [4.78, 5) is 0. The molecule has 0 unspecified atom stereocenters. The molecule has 0 saturated carbocycles. The smallest absolute Gasteiger partial charge is 0.114 e. The number of hydrogen-bond acceptors (Lipinski definition) is 3. The van der Waals surface area contributed by atoms with Crippen molar-refractivity contribution in [2.24, 2.45) is 5.73 Å². The van der Waals surface area contributed by atoms with Crippen molar-refractivity contribution < 1.29 is 0 Å². The first-order valence-corrected chi connectivity index (χ1v) is 3.90. The molecule has 0 atom stereocenters. The first-order chi connectivity index (χ1) is 5.65. The van der Waals surface area contributed by atoms with E-state index in [1.807, 2.05) is 19.9 Å². The molecule has 12 heavy (non-hydrogen) atoms. The summed E-state index contributed by atoms with van der Waals surface area (Å²) in [5.74, 6) is 0.422. The molecule has 0 fully saturated rings. The SMILES string of the molecule is CC/C(C)=C/C(C#N)=C(/N)NC. The van der Waals surface area contributed by atoms with Gasteiger partial charge in [0.05, 0.1) is 5.57 Å². The summed E-state index contributed by atoms with van der Waals surface area (Å²) < 4.78 is 0. The van der Waals surface area contributed by atoms with Crippen LogP contribution in [0.5, 0.6) is 0 Å². The predicted octanol–water partition coefficient (Wildman–Crippen LogP) is 1.26. The first-order valence-electron chi connectivity index (χ1n) is 3.90. The van der Waals surface area contributed by atoms with Gasteiger partial charge in [-0.15, -0.1) is 0 Å². The van der Waals surface area contributed by atoms with Crippen LogP contribution in [0, 0.1) is 11.3 Å². The molecule has 0 spiro atoms. The molecule has 0 aliphatic carbocycles. The summed E-state index contributed by atoms with van der Waals surface area (Å²) >= 11 is 0. The third kappa shape index (κ3) is 3.11. The molecule has 66 valence electrons. The Kier molecular flexibility index (Phi) is 4.62. The Balaban J connectivity index is 4.73. The number of nitriles is 1. The number of nitrogens with zero attached hydrogens (tertiary/aromatic N) is 1. The van der Waals surface area contributed by atoms with E-state index in [4.69, 9.17) is 11.0 Å². The topological polar surface area (TPSA) is 61.8 Å². The quantitative estimate of drug-likeness (QED) is 0.489. The Morgan fingerprint density at radius 3 is 2.58 bits per heavy atom. The summed E-state index contributed by atoms with van der Waals surface area (Å²) in [6.07, 6.45) is 2.73. The second-order valence-electron chi connectivity index (χ2n) is 2.53. The maximum Gasteiger partial charge on any atom is 0.114 e. The molecule has 0 aliphatic heterocycles. The third-order valence-electron chi connectivity index (χ3n) is 1.63. The van der Waals surface area contributed by atoms with E-state index in [0.717, 1.165) is 12.0 Å². The maximum atomic E-state index is 8.70. The molecule has 0 aromatic carbocycles. The zero-order valence-electron chi connectivity index (χ0n) is 7.81. The predicted molar refractivity (Wildman–Crippen MR) is 49.9 cm³/mol. The van der Waals surface area contributed by atoms with Gasteiger partial charge in [-0.05, 0) is 19.4 Å². The number of nitrogens with one attached hydrogen (secondary N) is 1. The van der Waals surface area contributed by atoms with E-state index in [2.05, 4.69) is 5.32 Å². The van der Waals surface area contributed by atoms with E-state index in [1.54, 1.807) is 13.1 Å². The molecule has 0 aromatic rings. The highest BCUT2D eigenvalue weighted by Gasteiger charge is 1.96. The molecule has 3 heteroatoms. The van der Waals surface area contributed by atoms with Gasteiger partial charge in [-0.2, -0.15) is 5.26 Å². The van der Waals surface area contributed by atoms with E-state index in [0.29, 0.717) is 11.4 Å². The lowest BCUT2D eigenvalue weighted by Crippen LogP contribution is -2.16. The Bertz CT molecular complexity index is 243. The summed E-state index contributed by atoms with van der Waals surface area (Å²) in [5, 5.41) is 11.4. The van der Waals surface area contributed by atoms with Crippen LogP contribution < -0.4 is 11.1 Å². The van der Waals surface area contributed by atoms with Gasteiger partial charge in [-0.3, -0.25) is 0 Å². The monoisotopic (exact) mass is 165 g/mol. The number of hydrogen-bond donors (Lipinski definition) is 2. The fourth-order valence-corrected chi connectivity index (χ4v) is 0.653. The van der Waals surface area contributed by atoms with Crippen LogP contribution in [0.4, 0.5) is 0 Å². The fourth-order valence-electron chi connectivity index (χ4n) is 0.653. The number of allylic oxidation sites excluding steroid dienone is 3. The molecule has 0 rings (SSSR count). The molecule has 0 radical (unpaired) electrons. The van der Waals surface area contributed by atoms with Crippen molar-refractivity contribution in [1.29, 1.82) is 5.26 Å². The van der Waals surface area contributed by atoms with Crippen molar-refractivity contribution in [1.82, 2.24) is 5.32 Å². The summed E-state index contributed by atoms with van der Waals surface area (Å²) in [6.45, 7) is 4.01. The van der Waals surface area contributed by atoms with Crippen LogP contribution in [-0.4, -0.2) is 7.05 Å². The maximum absolute atomic E-state index is 8.70. The van der Waals surface area contributed by atoms with Gasteiger partial charge >= 0.3 is 0 Å². The van der Waals surface area contributed by atoms with E-state index >= 15 is 0 Å². The van der Waals surface area contributed by atoms with Crippen LogP contribution in [0.1, 0.15) is 20.3 Å². The first kappa shape index (κ1) is 10.6. The lowest BCUT2D eigenvalue weighted by Gasteiger charge is -2.01. The average Bonchev–Trinajstić information content (AvgIpc) is 2.12. The molecule has 0 heterocycles. The largest absolute Gasteiger partial charge is 0.384 e. The van der Waals surface area contributed by atoms with Crippen LogP contribution >= 0.6 is 0 Å². The van der Waals surface area contributed by atoms with Crippen molar-refractivity contribution in [3.8, 4) is 6.07 Å². The summed E-state index contributed by atoms with van der Waals surface area (Å²) in [7, 11) is 1.70. The van der Waals surface area contributed by atoms with Gasteiger partial charge in [0, 0.05) is 7.05 Å². The molecule has 0 saturated heterocycles. The normalized spacial score (nSPS) is 13.3. The van der Waals surface area contributed by atoms with Crippen molar-refractivity contribution in [3.05, 3.63) is 23.0 Å². The zero-order valence-corrected chi connectivity index (χ0v) is 7.81. The zero-order chi connectivity index (χ0) is 9.56. The molecular weight excluding hydrogens is 150 g/mol. The highest BCUT2D eigenvalue weighted by Crippen LogP contribution is 2.05. The van der Waals surface area contributed by atoms with Gasteiger partial charge < -0.3 is 11.1 Å². The van der Waals surface area contributed by atoms with Crippen LogP contribution in [-0.2, 0) is 0 Å². The third-order valence-corrected chi connectivity index (χ3v) is 1.63. The second kappa shape index (κ2) is 5.25. The minimum atomic E-state index is 0.422. The number of nitrogens with two attached hydrogens (primary N) is 1. The van der Waals surface area contributed by atoms with Crippen molar-refractivity contribution in [3.63, 3.8) is 0 Å². The molecule has 0 amide bonds. The summed E-state index contributed by atoms with van der Waals surface area (Å²) in [6, 6.07) is 2.03. The van der Waals surface area contributed by atoms with Crippen LogP contribution in [0.15, 0.2) is 23.0 Å². The van der Waals surface area contributed by atoms with Gasteiger partial charge in [0.1, 0.15) is 11.9 Å². The molecule has 0 bridgehead atoms. The van der Waals surface area contributed by atoms with Crippen molar-refractivity contribution in [2.45, 2.75) is 20.3 Å². The van der Waals surface area contributed by atoms with Crippen LogP contribution in [0.3, 0.4) is 0 Å². The minimum Gasteiger partial charge on any atom is -0.384 e. The van der Waals surface area contributed by atoms with Crippen molar-refractivity contribution in [2.75, 3.05) is 7.05 Å². The van der Waals surface area contributed by atoms with Gasteiger partial charge in [0.25, 0.3) is 0 Å². The molecular formula is C9H15N3. The van der Waals surface area contributed by atoms with Gasteiger partial charge in [-0.1, -0.05) is 12.5 Å². The van der Waals surface area contributed by atoms with E-state index in [9.17, 15) is 0 Å². The lowest BCUT2D eigenvalue weighted by molar-refractivity contribution is 0.951. The van der Waals surface area contributed by atoms with Gasteiger partial charge in [0.15, 0.2) is 0 Å². The van der Waals surface area contributed by atoms with E-state index in [1.165, 1.54) is 0 Å². The second-order valence-corrected chi connectivity index (χ2v) is 2.53. The highest BCUT2D eigenvalue weighted by molar-refractivity contribution is 5.37. The average molecular weight is 165 g/mol. The van der Waals surface area contributed by atoms with Gasteiger partial charge in [-0.25, -0.2) is 0 Å². The molecule has 0 aromatic heterocycles. The van der Waals surface area contributed by atoms with Crippen molar-refractivity contribution >= 4 is 0 Å². The highest BCUT2D eigenvalue weighted by atomic mass is 15.0. The Morgan fingerprint density at radius 2 is 2.25 bits per heavy atom. The number of rotatable bonds is 3. The fraction of sp³-hybridized carbons (Fsp3) is 0.444. The minimum absolute atomic E-state index is 0.422. The molecule has 0 aliphatic rings. The summed E-state index contributed by atoms with van der Waals surface area (Å²) in [5.41, 5.74) is 7.17. The van der Waals surface area contributed by atoms with Crippen LogP contribution in [0.25, 0.3) is 0 Å². The van der Waals surface area contributed by atoms with E-state index in [-0.39, 0.29) is 0 Å². The van der Waals surface area contributed by atoms with Crippen LogP contribution in [0.2, 0.25) is 0 Å². The Hall–Kier alpha value is -1.43. The van der Waals surface area contributed by atoms with E-state index < -0.39 is 0 Å². The lowest BCUT2D eigenvalue weighted by atomic mass is 10.1. The molecule has 3 N–H and O–H groups in total. The molecule has 3 nitrogen and oxygen atoms in total. The Morgan fingerprint density at radius 1 is 1.67 bits per heavy atom. The van der Waals surface area contributed by atoms with Gasteiger partial charge in [0.2, 0.25) is 0 Å². The standard InChI is InChI=1S/C9H15N3/c1-4-7(2)5-8(6-10)9(11)12-3/h5,12H,4,11H2,1-3H3/b7-5+,9-8+. The Labute approximate surface area is 73.6 Å².